The third kappa shape index (κ3) is 3.95. The van der Waals surface area contributed by atoms with Crippen LogP contribution >= 0.6 is 0 Å². The maximum Gasteiger partial charge on any atom is 0.417 e. The van der Waals surface area contributed by atoms with Gasteiger partial charge in [-0.15, -0.1) is 0 Å². The molecule has 1 aliphatic rings. The Balaban J connectivity index is 1.41. The number of carbonyl (C=O) groups excluding carboxylic acids is 1. The molecule has 8 nitrogen and oxygen atoms in total. The Morgan fingerprint density at radius 2 is 2.00 bits per heavy atom. The van der Waals surface area contributed by atoms with Gasteiger partial charge in [-0.3, -0.25) is 9.20 Å². The van der Waals surface area contributed by atoms with Gasteiger partial charge < -0.3 is 14.7 Å². The van der Waals surface area contributed by atoms with Gasteiger partial charge in [-0.1, -0.05) is 17.3 Å². The zero-order chi connectivity index (χ0) is 23.3. The first-order valence-electron chi connectivity index (χ1n) is 10.2. The van der Waals surface area contributed by atoms with Crippen LogP contribution in [0.25, 0.3) is 17.0 Å². The van der Waals surface area contributed by atoms with Gasteiger partial charge in [0.15, 0.2) is 0 Å². The number of aryl methyl sites for hydroxylation is 1. The standard InChI is InChI=1S/C22H19F3N6O2/c1-12-3-4-13(19-28-21(33-29-19)14-9-30(2)10-14)7-16(12)27-20(32)17-8-26-18-6-5-15(11-31(17)18)22(23,24)25/h3-8,11,14H,9-10H2,1-2H3,(H,27,32). The topological polar surface area (TPSA) is 88.6 Å². The Labute approximate surface area is 186 Å². The number of halogens is 3. The first-order valence-corrected chi connectivity index (χ1v) is 10.2. The molecule has 1 saturated heterocycles. The molecule has 0 radical (unpaired) electrons. The molecule has 11 heteroatoms. The van der Waals surface area contributed by atoms with E-state index < -0.39 is 17.6 Å². The maximum atomic E-state index is 13.1. The van der Waals surface area contributed by atoms with Crippen molar-refractivity contribution in [3.63, 3.8) is 0 Å². The number of nitrogens with zero attached hydrogens (tertiary/aromatic N) is 5. The van der Waals surface area contributed by atoms with Crippen LogP contribution in [0, 0.1) is 6.92 Å². The van der Waals surface area contributed by atoms with E-state index >= 15 is 0 Å². The molecule has 170 valence electrons. The zero-order valence-electron chi connectivity index (χ0n) is 17.7. The molecule has 4 heterocycles. The van der Waals surface area contributed by atoms with E-state index in [2.05, 4.69) is 25.3 Å². The summed E-state index contributed by atoms with van der Waals surface area (Å²) in [4.78, 5) is 23.6. The Kier molecular flexibility index (Phi) is 4.93. The van der Waals surface area contributed by atoms with Crippen molar-refractivity contribution in [3.8, 4) is 11.4 Å². The molecule has 1 amide bonds. The summed E-state index contributed by atoms with van der Waals surface area (Å²) in [6, 6.07) is 7.47. The SMILES string of the molecule is Cc1ccc(-c2noc(C3CN(C)C3)n2)cc1NC(=O)c1cnc2ccc(C(F)(F)F)cn12. The average molecular weight is 456 g/mol. The number of anilines is 1. The lowest BCUT2D eigenvalue weighted by atomic mass is 10.0. The second-order valence-electron chi connectivity index (χ2n) is 8.15. The van der Waals surface area contributed by atoms with Crippen LogP contribution < -0.4 is 5.32 Å². The Morgan fingerprint density at radius 3 is 2.73 bits per heavy atom. The third-order valence-corrected chi connectivity index (χ3v) is 5.66. The molecular formula is C22H19F3N6O2. The second kappa shape index (κ2) is 7.69. The van der Waals surface area contributed by atoms with E-state index in [9.17, 15) is 18.0 Å². The normalized spacial score (nSPS) is 15.1. The lowest BCUT2D eigenvalue weighted by Gasteiger charge is -2.33. The maximum absolute atomic E-state index is 13.1. The highest BCUT2D eigenvalue weighted by molar-refractivity contribution is 6.04. The molecule has 1 aliphatic heterocycles. The molecule has 4 aromatic rings. The van der Waals surface area contributed by atoms with Crippen molar-refractivity contribution in [1.29, 1.82) is 0 Å². The molecule has 0 aliphatic carbocycles. The molecular weight excluding hydrogens is 437 g/mol. The number of fused-ring (bicyclic) bond motifs is 1. The van der Waals surface area contributed by atoms with E-state index in [1.165, 1.54) is 12.3 Å². The number of hydrogen-bond acceptors (Lipinski definition) is 6. The summed E-state index contributed by atoms with van der Waals surface area (Å²) < 4.78 is 45.8. The van der Waals surface area contributed by atoms with Crippen LogP contribution in [0.15, 0.2) is 47.2 Å². The van der Waals surface area contributed by atoms with Crippen LogP contribution in [0.2, 0.25) is 0 Å². The number of benzene rings is 1. The minimum absolute atomic E-state index is 0.0168. The summed E-state index contributed by atoms with van der Waals surface area (Å²) in [6.07, 6.45) is -2.43. The summed E-state index contributed by atoms with van der Waals surface area (Å²) in [5.41, 5.74) is 1.24. The van der Waals surface area contributed by atoms with Crippen LogP contribution in [0.3, 0.4) is 0 Å². The predicted molar refractivity (Wildman–Crippen MR) is 113 cm³/mol. The summed E-state index contributed by atoms with van der Waals surface area (Å²) in [7, 11) is 2.01. The number of alkyl halides is 3. The van der Waals surface area contributed by atoms with E-state index in [0.717, 1.165) is 35.3 Å². The smallest absolute Gasteiger partial charge is 0.339 e. The number of aromatic nitrogens is 4. The van der Waals surface area contributed by atoms with Gasteiger partial charge in [0.25, 0.3) is 5.91 Å². The Bertz CT molecular complexity index is 1350. The summed E-state index contributed by atoms with van der Waals surface area (Å²) in [5, 5.41) is 6.81. The fourth-order valence-corrected chi connectivity index (χ4v) is 3.77. The molecule has 0 saturated carbocycles. The van der Waals surface area contributed by atoms with E-state index in [0.29, 0.717) is 23.0 Å². The monoisotopic (exact) mass is 456 g/mol. The summed E-state index contributed by atoms with van der Waals surface area (Å²) in [6.45, 7) is 3.51. The van der Waals surface area contributed by atoms with Crippen molar-refractivity contribution < 1.29 is 22.5 Å². The number of nitrogens with one attached hydrogen (secondary N) is 1. The van der Waals surface area contributed by atoms with Gasteiger partial charge in [0.2, 0.25) is 11.7 Å². The summed E-state index contributed by atoms with van der Waals surface area (Å²) in [5.74, 6) is 0.589. The lowest BCUT2D eigenvalue weighted by Crippen LogP contribution is -2.41. The minimum Gasteiger partial charge on any atom is -0.339 e. The van der Waals surface area contributed by atoms with Gasteiger partial charge in [-0.2, -0.15) is 18.2 Å². The van der Waals surface area contributed by atoms with Crippen molar-refractivity contribution in [2.24, 2.45) is 0 Å². The third-order valence-electron chi connectivity index (χ3n) is 5.66. The van der Waals surface area contributed by atoms with E-state index in [4.69, 9.17) is 4.52 Å². The molecule has 3 aromatic heterocycles. The Hall–Kier alpha value is -3.73. The highest BCUT2D eigenvalue weighted by Gasteiger charge is 2.32. The Morgan fingerprint density at radius 1 is 1.21 bits per heavy atom. The number of imidazole rings is 1. The van der Waals surface area contributed by atoms with Gasteiger partial charge in [0.05, 0.1) is 17.7 Å². The lowest BCUT2D eigenvalue weighted by molar-refractivity contribution is -0.137. The number of pyridine rings is 1. The molecule has 1 aromatic carbocycles. The van der Waals surface area contributed by atoms with Crippen molar-refractivity contribution in [2.45, 2.75) is 19.0 Å². The minimum atomic E-state index is -4.53. The number of likely N-dealkylation sites (tertiary alicyclic amines) is 1. The highest BCUT2D eigenvalue weighted by atomic mass is 19.4. The van der Waals surface area contributed by atoms with E-state index in [1.54, 1.807) is 12.1 Å². The van der Waals surface area contributed by atoms with Gasteiger partial charge in [0.1, 0.15) is 11.3 Å². The molecule has 1 N–H and O–H groups in total. The number of hydrogen-bond donors (Lipinski definition) is 1. The van der Waals surface area contributed by atoms with Crippen LogP contribution in [-0.2, 0) is 6.18 Å². The van der Waals surface area contributed by atoms with Gasteiger partial charge in [-0.25, -0.2) is 4.98 Å². The van der Waals surface area contributed by atoms with E-state index in [-0.39, 0.29) is 17.3 Å². The molecule has 0 atom stereocenters. The molecule has 0 bridgehead atoms. The van der Waals surface area contributed by atoms with Crippen molar-refractivity contribution in [3.05, 3.63) is 65.4 Å². The number of rotatable bonds is 4. The number of amides is 1. The highest BCUT2D eigenvalue weighted by Crippen LogP contribution is 2.30. The fourth-order valence-electron chi connectivity index (χ4n) is 3.77. The molecule has 33 heavy (non-hydrogen) atoms. The fraction of sp³-hybridized carbons (Fsp3) is 0.273. The van der Waals surface area contributed by atoms with Gasteiger partial charge in [0, 0.05) is 30.5 Å². The number of carbonyl (C=O) groups is 1. The average Bonchev–Trinajstić information content (AvgIpc) is 3.39. The van der Waals surface area contributed by atoms with Crippen molar-refractivity contribution in [1.82, 2.24) is 24.4 Å². The van der Waals surface area contributed by atoms with E-state index in [1.807, 2.05) is 20.0 Å². The molecule has 1 fully saturated rings. The zero-order valence-corrected chi connectivity index (χ0v) is 17.7. The van der Waals surface area contributed by atoms with Gasteiger partial charge >= 0.3 is 6.18 Å². The second-order valence-corrected chi connectivity index (χ2v) is 8.15. The largest absolute Gasteiger partial charge is 0.417 e. The van der Waals surface area contributed by atoms with Crippen molar-refractivity contribution >= 4 is 17.2 Å². The first-order chi connectivity index (χ1) is 15.7. The van der Waals surface area contributed by atoms with Crippen LogP contribution in [0.5, 0.6) is 0 Å². The van der Waals surface area contributed by atoms with Crippen LogP contribution in [0.4, 0.5) is 18.9 Å². The van der Waals surface area contributed by atoms with Crippen LogP contribution in [0.1, 0.15) is 33.4 Å². The van der Waals surface area contributed by atoms with Gasteiger partial charge in [-0.05, 0) is 37.7 Å². The molecule has 0 unspecified atom stereocenters. The quantitative estimate of drug-likeness (QED) is 0.500. The summed E-state index contributed by atoms with van der Waals surface area (Å²) >= 11 is 0. The van der Waals surface area contributed by atoms with Crippen molar-refractivity contribution in [2.75, 3.05) is 25.5 Å². The molecule has 0 spiro atoms. The number of likely N-dealkylation sites (N-methyl/N-ethyl adjacent to an activating group) is 1. The van der Waals surface area contributed by atoms with Crippen LogP contribution in [-0.4, -0.2) is 50.5 Å². The predicted octanol–water partition coefficient (Wildman–Crippen LogP) is 3.99. The first kappa shape index (κ1) is 21.1. The molecule has 5 rings (SSSR count).